The fraction of sp³-hybridized carbons (Fsp3) is 0.692. The van der Waals surface area contributed by atoms with Gasteiger partial charge in [0.05, 0.1) is 4.90 Å². The Morgan fingerprint density at radius 3 is 2.65 bits per heavy atom. The Morgan fingerprint density at radius 2 is 2.05 bits per heavy atom. The fourth-order valence-electron chi connectivity index (χ4n) is 1.68. The molecule has 1 atom stereocenters. The SMILES string of the molecule is CSCCC(C)NS(=O)(=O)c1c[nH]c(CNC(C)C)c1. The summed E-state index contributed by atoms with van der Waals surface area (Å²) in [6.07, 6.45) is 4.38. The second-order valence-corrected chi connectivity index (χ2v) is 7.90. The van der Waals surface area contributed by atoms with Gasteiger partial charge < -0.3 is 10.3 Å². The molecule has 3 N–H and O–H groups in total. The number of aromatic nitrogens is 1. The summed E-state index contributed by atoms with van der Waals surface area (Å²) in [7, 11) is -3.43. The van der Waals surface area contributed by atoms with Crippen molar-refractivity contribution in [2.24, 2.45) is 0 Å². The summed E-state index contributed by atoms with van der Waals surface area (Å²) in [5, 5.41) is 3.25. The van der Waals surface area contributed by atoms with Crippen LogP contribution in [0.15, 0.2) is 17.2 Å². The van der Waals surface area contributed by atoms with Crippen LogP contribution in [-0.4, -0.2) is 37.5 Å². The maximum atomic E-state index is 12.2. The minimum atomic E-state index is -3.43. The van der Waals surface area contributed by atoms with Gasteiger partial charge in [0, 0.05) is 30.5 Å². The van der Waals surface area contributed by atoms with Gasteiger partial charge in [0.1, 0.15) is 0 Å². The highest BCUT2D eigenvalue weighted by Crippen LogP contribution is 2.12. The molecule has 0 aliphatic heterocycles. The van der Waals surface area contributed by atoms with Crippen LogP contribution in [0.25, 0.3) is 0 Å². The van der Waals surface area contributed by atoms with Crippen LogP contribution < -0.4 is 10.0 Å². The Hall–Kier alpha value is -0.500. The van der Waals surface area contributed by atoms with E-state index in [2.05, 4.69) is 28.9 Å². The van der Waals surface area contributed by atoms with Crippen LogP contribution in [0.3, 0.4) is 0 Å². The number of H-pyrrole nitrogens is 1. The largest absolute Gasteiger partial charge is 0.363 e. The zero-order valence-corrected chi connectivity index (χ0v) is 14.2. The number of hydrogen-bond donors (Lipinski definition) is 3. The molecule has 0 saturated carbocycles. The van der Waals surface area contributed by atoms with E-state index in [-0.39, 0.29) is 6.04 Å². The van der Waals surface area contributed by atoms with Crippen molar-refractivity contribution in [2.45, 2.75) is 50.7 Å². The summed E-state index contributed by atoms with van der Waals surface area (Å²) in [4.78, 5) is 3.30. The van der Waals surface area contributed by atoms with Crippen molar-refractivity contribution in [3.05, 3.63) is 18.0 Å². The molecule has 1 unspecified atom stereocenters. The molecule has 0 spiro atoms. The molecule has 0 bridgehead atoms. The lowest BCUT2D eigenvalue weighted by Crippen LogP contribution is -2.32. The summed E-state index contributed by atoms with van der Waals surface area (Å²) in [6, 6.07) is 1.99. The quantitative estimate of drug-likeness (QED) is 0.650. The summed E-state index contributed by atoms with van der Waals surface area (Å²) in [6.45, 7) is 6.63. The third kappa shape index (κ3) is 5.87. The van der Waals surface area contributed by atoms with Gasteiger partial charge in [-0.15, -0.1) is 0 Å². The zero-order chi connectivity index (χ0) is 15.2. The summed E-state index contributed by atoms with van der Waals surface area (Å²) >= 11 is 1.72. The van der Waals surface area contributed by atoms with Gasteiger partial charge in [-0.3, -0.25) is 0 Å². The first-order valence-corrected chi connectivity index (χ1v) is 9.64. The van der Waals surface area contributed by atoms with Crippen LogP contribution >= 0.6 is 11.8 Å². The number of hydrogen-bond acceptors (Lipinski definition) is 4. The van der Waals surface area contributed by atoms with E-state index in [9.17, 15) is 8.42 Å². The van der Waals surface area contributed by atoms with Gasteiger partial charge in [-0.05, 0) is 31.4 Å². The molecule has 1 heterocycles. The molecular weight excluding hydrogens is 294 g/mol. The lowest BCUT2D eigenvalue weighted by Gasteiger charge is -2.12. The molecule has 0 fully saturated rings. The highest BCUT2D eigenvalue weighted by atomic mass is 32.2. The van der Waals surface area contributed by atoms with E-state index < -0.39 is 10.0 Å². The predicted octanol–water partition coefficient (Wildman–Crippen LogP) is 1.93. The van der Waals surface area contributed by atoms with Crippen LogP contribution in [-0.2, 0) is 16.6 Å². The van der Waals surface area contributed by atoms with Gasteiger partial charge in [-0.2, -0.15) is 11.8 Å². The highest BCUT2D eigenvalue weighted by Gasteiger charge is 2.18. The fourth-order valence-corrected chi connectivity index (χ4v) is 3.56. The Balaban J connectivity index is 2.63. The molecule has 5 nitrogen and oxygen atoms in total. The summed E-state index contributed by atoms with van der Waals surface area (Å²) in [5.41, 5.74) is 0.871. The van der Waals surface area contributed by atoms with Crippen LogP contribution in [0.5, 0.6) is 0 Å². The standard InChI is InChI=1S/C13H25N3O2S2/c1-10(2)14-8-12-7-13(9-15-12)20(17,18)16-11(3)5-6-19-4/h7,9-11,14-16H,5-6,8H2,1-4H3. The van der Waals surface area contributed by atoms with Crippen molar-refractivity contribution in [3.8, 4) is 0 Å². The molecule has 1 rings (SSSR count). The Bertz CT molecular complexity index is 497. The first kappa shape index (κ1) is 17.6. The second kappa shape index (κ2) is 8.07. The average Bonchev–Trinajstić information content (AvgIpc) is 2.83. The van der Waals surface area contributed by atoms with E-state index in [1.165, 1.54) is 0 Å². The normalized spacial score (nSPS) is 13.8. The topological polar surface area (TPSA) is 74.0 Å². The molecule has 0 saturated heterocycles. The van der Waals surface area contributed by atoms with E-state index in [1.54, 1.807) is 24.0 Å². The second-order valence-electron chi connectivity index (χ2n) is 5.20. The van der Waals surface area contributed by atoms with Crippen LogP contribution in [0.1, 0.15) is 32.9 Å². The van der Waals surface area contributed by atoms with Crippen molar-refractivity contribution in [1.29, 1.82) is 0 Å². The number of nitrogens with one attached hydrogen (secondary N) is 3. The van der Waals surface area contributed by atoms with E-state index in [4.69, 9.17) is 0 Å². The highest BCUT2D eigenvalue weighted by molar-refractivity contribution is 7.98. The Morgan fingerprint density at radius 1 is 1.35 bits per heavy atom. The molecular formula is C13H25N3O2S2. The lowest BCUT2D eigenvalue weighted by molar-refractivity contribution is 0.557. The maximum absolute atomic E-state index is 12.2. The molecule has 20 heavy (non-hydrogen) atoms. The number of rotatable bonds is 9. The monoisotopic (exact) mass is 319 g/mol. The van der Waals surface area contributed by atoms with Crippen molar-refractivity contribution in [3.63, 3.8) is 0 Å². The lowest BCUT2D eigenvalue weighted by atomic mass is 10.3. The van der Waals surface area contributed by atoms with Crippen molar-refractivity contribution < 1.29 is 8.42 Å². The smallest absolute Gasteiger partial charge is 0.242 e. The van der Waals surface area contributed by atoms with Gasteiger partial charge in [0.25, 0.3) is 0 Å². The molecule has 1 aromatic rings. The van der Waals surface area contributed by atoms with E-state index in [0.29, 0.717) is 17.5 Å². The first-order valence-electron chi connectivity index (χ1n) is 6.77. The predicted molar refractivity (Wildman–Crippen MR) is 85.6 cm³/mol. The van der Waals surface area contributed by atoms with Crippen molar-refractivity contribution in [2.75, 3.05) is 12.0 Å². The minimum absolute atomic E-state index is 0.0559. The van der Waals surface area contributed by atoms with Crippen molar-refractivity contribution >= 4 is 21.8 Å². The molecule has 0 amide bonds. The third-order valence-corrected chi connectivity index (χ3v) is 5.05. The third-order valence-electron chi connectivity index (χ3n) is 2.84. The molecule has 0 aliphatic carbocycles. The average molecular weight is 319 g/mol. The van der Waals surface area contributed by atoms with Gasteiger partial charge in [0.2, 0.25) is 10.0 Å². The van der Waals surface area contributed by atoms with Gasteiger partial charge in [0.15, 0.2) is 0 Å². The summed E-state index contributed by atoms with van der Waals surface area (Å²) < 4.78 is 27.1. The van der Waals surface area contributed by atoms with Gasteiger partial charge in [-0.1, -0.05) is 13.8 Å². The Labute approximate surface area is 126 Å². The van der Waals surface area contributed by atoms with E-state index in [0.717, 1.165) is 17.9 Å². The van der Waals surface area contributed by atoms with Crippen molar-refractivity contribution in [1.82, 2.24) is 15.0 Å². The first-order chi connectivity index (χ1) is 9.35. The van der Waals surface area contributed by atoms with Gasteiger partial charge in [-0.25, -0.2) is 13.1 Å². The van der Waals surface area contributed by atoms with Gasteiger partial charge >= 0.3 is 0 Å². The zero-order valence-electron chi connectivity index (χ0n) is 12.6. The van der Waals surface area contributed by atoms with E-state index >= 15 is 0 Å². The number of thioether (sulfide) groups is 1. The van der Waals surface area contributed by atoms with Crippen LogP contribution in [0, 0.1) is 0 Å². The Kier molecular flexibility index (Phi) is 7.08. The molecule has 1 aromatic heterocycles. The molecule has 0 aromatic carbocycles. The molecule has 116 valence electrons. The molecule has 0 aliphatic rings. The number of aromatic amines is 1. The molecule has 0 radical (unpaired) electrons. The number of sulfonamides is 1. The molecule has 7 heteroatoms. The maximum Gasteiger partial charge on any atom is 0.242 e. The van der Waals surface area contributed by atoms with Crippen LogP contribution in [0.4, 0.5) is 0 Å². The minimum Gasteiger partial charge on any atom is -0.363 e. The van der Waals surface area contributed by atoms with E-state index in [1.807, 2.05) is 13.2 Å². The summed E-state index contributed by atoms with van der Waals surface area (Å²) in [5.74, 6) is 0.945. The van der Waals surface area contributed by atoms with Crippen LogP contribution in [0.2, 0.25) is 0 Å².